The van der Waals surface area contributed by atoms with Crippen LogP contribution in [0.15, 0.2) is 18.2 Å². The summed E-state index contributed by atoms with van der Waals surface area (Å²) in [6.45, 7) is 0.0373. The summed E-state index contributed by atoms with van der Waals surface area (Å²) in [5.74, 6) is 0.449. The Labute approximate surface area is 90.9 Å². The SMILES string of the molecule is Nc1cc2cc(CO)cc(CCl)c2s1. The summed E-state index contributed by atoms with van der Waals surface area (Å²) < 4.78 is 1.12. The number of thiophene rings is 1. The van der Waals surface area contributed by atoms with Gasteiger partial charge in [0.15, 0.2) is 0 Å². The molecule has 4 heteroatoms. The van der Waals surface area contributed by atoms with Gasteiger partial charge >= 0.3 is 0 Å². The zero-order valence-electron chi connectivity index (χ0n) is 7.46. The number of aliphatic hydroxyl groups excluding tert-OH is 1. The van der Waals surface area contributed by atoms with Crippen molar-refractivity contribution in [3.8, 4) is 0 Å². The molecule has 14 heavy (non-hydrogen) atoms. The van der Waals surface area contributed by atoms with Gasteiger partial charge in [-0.25, -0.2) is 0 Å². The fourth-order valence-electron chi connectivity index (χ4n) is 1.50. The van der Waals surface area contributed by atoms with E-state index < -0.39 is 0 Å². The Hall–Kier alpha value is -0.770. The number of benzene rings is 1. The first-order chi connectivity index (χ1) is 6.74. The van der Waals surface area contributed by atoms with Crippen LogP contribution in [0.5, 0.6) is 0 Å². The van der Waals surface area contributed by atoms with E-state index in [1.165, 1.54) is 11.3 Å². The lowest BCUT2D eigenvalue weighted by atomic mass is 10.1. The van der Waals surface area contributed by atoms with E-state index in [0.29, 0.717) is 5.88 Å². The van der Waals surface area contributed by atoms with E-state index in [9.17, 15) is 0 Å². The van der Waals surface area contributed by atoms with Crippen molar-refractivity contribution in [3.63, 3.8) is 0 Å². The maximum absolute atomic E-state index is 9.05. The number of anilines is 1. The van der Waals surface area contributed by atoms with Crippen LogP contribution in [0.2, 0.25) is 0 Å². The third-order valence-corrected chi connectivity index (χ3v) is 3.44. The number of hydrogen-bond acceptors (Lipinski definition) is 3. The average molecular weight is 228 g/mol. The molecule has 0 atom stereocenters. The Kier molecular flexibility index (Phi) is 2.63. The summed E-state index contributed by atoms with van der Waals surface area (Å²) in [4.78, 5) is 0. The Morgan fingerprint density at radius 2 is 2.14 bits per heavy atom. The van der Waals surface area contributed by atoms with Gasteiger partial charge in [-0.3, -0.25) is 0 Å². The third-order valence-electron chi connectivity index (χ3n) is 2.10. The summed E-state index contributed by atoms with van der Waals surface area (Å²) in [6.07, 6.45) is 0. The average Bonchev–Trinajstić information content (AvgIpc) is 2.56. The van der Waals surface area contributed by atoms with E-state index in [0.717, 1.165) is 26.2 Å². The number of alkyl halides is 1. The standard InChI is InChI=1S/C10H10ClNOS/c11-4-8-2-6(5-13)1-7-3-9(12)14-10(7)8/h1-3,13H,4-5,12H2. The van der Waals surface area contributed by atoms with Crippen LogP contribution in [-0.4, -0.2) is 5.11 Å². The number of fused-ring (bicyclic) bond motifs is 1. The van der Waals surface area contributed by atoms with Gasteiger partial charge in [0.1, 0.15) is 0 Å². The Bertz CT molecular complexity index is 466. The molecular weight excluding hydrogens is 218 g/mol. The van der Waals surface area contributed by atoms with Gasteiger partial charge in [-0.2, -0.15) is 0 Å². The maximum atomic E-state index is 9.05. The van der Waals surface area contributed by atoms with Crippen molar-refractivity contribution in [2.45, 2.75) is 12.5 Å². The monoisotopic (exact) mass is 227 g/mol. The second-order valence-corrected chi connectivity index (χ2v) is 4.46. The Morgan fingerprint density at radius 3 is 2.79 bits per heavy atom. The van der Waals surface area contributed by atoms with Crippen LogP contribution < -0.4 is 5.73 Å². The lowest BCUT2D eigenvalue weighted by Gasteiger charge is -2.01. The van der Waals surface area contributed by atoms with Crippen LogP contribution >= 0.6 is 22.9 Å². The van der Waals surface area contributed by atoms with Crippen molar-refractivity contribution in [1.82, 2.24) is 0 Å². The summed E-state index contributed by atoms with van der Waals surface area (Å²) in [7, 11) is 0. The minimum absolute atomic E-state index is 0.0373. The quantitative estimate of drug-likeness (QED) is 0.775. The second kappa shape index (κ2) is 3.77. The van der Waals surface area contributed by atoms with Gasteiger partial charge < -0.3 is 10.8 Å². The minimum Gasteiger partial charge on any atom is -0.392 e. The number of halogens is 1. The highest BCUT2D eigenvalue weighted by molar-refractivity contribution is 7.22. The summed E-state index contributed by atoms with van der Waals surface area (Å²) in [5.41, 5.74) is 7.64. The van der Waals surface area contributed by atoms with Crippen LogP contribution in [-0.2, 0) is 12.5 Å². The molecule has 0 saturated heterocycles. The molecule has 0 saturated carbocycles. The lowest BCUT2D eigenvalue weighted by Crippen LogP contribution is -1.86. The third kappa shape index (κ3) is 1.59. The van der Waals surface area contributed by atoms with Gasteiger partial charge in [0.2, 0.25) is 0 Å². The van der Waals surface area contributed by atoms with Crippen LogP contribution in [0.3, 0.4) is 0 Å². The van der Waals surface area contributed by atoms with E-state index in [1.807, 2.05) is 18.2 Å². The molecule has 2 rings (SSSR count). The number of hydrogen-bond donors (Lipinski definition) is 2. The smallest absolute Gasteiger partial charge is 0.0868 e. The summed E-state index contributed by atoms with van der Waals surface area (Å²) in [5, 5.41) is 10.9. The highest BCUT2D eigenvalue weighted by Crippen LogP contribution is 2.32. The number of nitrogens with two attached hydrogens (primary N) is 1. The predicted molar refractivity (Wildman–Crippen MR) is 61.7 cm³/mol. The van der Waals surface area contributed by atoms with E-state index in [-0.39, 0.29) is 6.61 Å². The van der Waals surface area contributed by atoms with Crippen molar-refractivity contribution in [1.29, 1.82) is 0 Å². The van der Waals surface area contributed by atoms with Crippen molar-refractivity contribution in [2.75, 3.05) is 5.73 Å². The minimum atomic E-state index is 0.0373. The van der Waals surface area contributed by atoms with E-state index in [4.69, 9.17) is 22.4 Å². The molecule has 0 spiro atoms. The fourth-order valence-corrected chi connectivity index (χ4v) is 2.71. The molecule has 2 aromatic rings. The van der Waals surface area contributed by atoms with Gasteiger partial charge in [-0.05, 0) is 28.6 Å². The topological polar surface area (TPSA) is 46.2 Å². The molecule has 0 fully saturated rings. The lowest BCUT2D eigenvalue weighted by molar-refractivity contribution is 0.282. The molecule has 0 unspecified atom stereocenters. The Morgan fingerprint density at radius 1 is 1.36 bits per heavy atom. The summed E-state index contributed by atoms with van der Waals surface area (Å²) >= 11 is 7.36. The molecule has 0 bridgehead atoms. The first kappa shape index (κ1) is 9.77. The van der Waals surface area contributed by atoms with Crippen LogP contribution in [0, 0.1) is 0 Å². The molecule has 0 aliphatic heterocycles. The highest BCUT2D eigenvalue weighted by atomic mass is 35.5. The zero-order valence-corrected chi connectivity index (χ0v) is 9.03. The fraction of sp³-hybridized carbons (Fsp3) is 0.200. The molecule has 1 aromatic carbocycles. The first-order valence-electron chi connectivity index (χ1n) is 4.22. The molecule has 0 amide bonds. The maximum Gasteiger partial charge on any atom is 0.0868 e. The first-order valence-corrected chi connectivity index (χ1v) is 5.57. The molecule has 0 radical (unpaired) electrons. The molecule has 1 aromatic heterocycles. The van der Waals surface area contributed by atoms with E-state index >= 15 is 0 Å². The molecule has 74 valence electrons. The van der Waals surface area contributed by atoms with Crippen LogP contribution in [0.4, 0.5) is 5.00 Å². The van der Waals surface area contributed by atoms with E-state index in [2.05, 4.69) is 0 Å². The molecule has 0 aliphatic rings. The number of aliphatic hydroxyl groups is 1. The largest absolute Gasteiger partial charge is 0.392 e. The van der Waals surface area contributed by atoms with Gasteiger partial charge in [-0.15, -0.1) is 22.9 Å². The van der Waals surface area contributed by atoms with Crippen LogP contribution in [0.1, 0.15) is 11.1 Å². The van der Waals surface area contributed by atoms with Gasteiger partial charge in [0.25, 0.3) is 0 Å². The highest BCUT2D eigenvalue weighted by Gasteiger charge is 2.06. The number of rotatable bonds is 2. The van der Waals surface area contributed by atoms with Crippen molar-refractivity contribution in [3.05, 3.63) is 29.3 Å². The van der Waals surface area contributed by atoms with Gasteiger partial charge in [-0.1, -0.05) is 6.07 Å². The Balaban J connectivity index is 2.72. The van der Waals surface area contributed by atoms with Crippen molar-refractivity contribution >= 4 is 38.0 Å². The summed E-state index contributed by atoms with van der Waals surface area (Å²) in [6, 6.07) is 5.78. The molecule has 3 N–H and O–H groups in total. The molecular formula is C10H10ClNOS. The van der Waals surface area contributed by atoms with Crippen LogP contribution in [0.25, 0.3) is 10.1 Å². The van der Waals surface area contributed by atoms with Gasteiger partial charge in [0.05, 0.1) is 11.6 Å². The second-order valence-electron chi connectivity index (χ2n) is 3.11. The van der Waals surface area contributed by atoms with Gasteiger partial charge in [0, 0.05) is 10.6 Å². The molecule has 2 nitrogen and oxygen atoms in total. The van der Waals surface area contributed by atoms with Crippen molar-refractivity contribution < 1.29 is 5.11 Å². The predicted octanol–water partition coefficient (Wildman–Crippen LogP) is 2.71. The number of nitrogen functional groups attached to an aromatic ring is 1. The van der Waals surface area contributed by atoms with E-state index in [1.54, 1.807) is 0 Å². The molecule has 1 heterocycles. The van der Waals surface area contributed by atoms with Crippen molar-refractivity contribution in [2.24, 2.45) is 0 Å². The normalized spacial score (nSPS) is 11.0. The zero-order chi connectivity index (χ0) is 10.1. The molecule has 0 aliphatic carbocycles.